The van der Waals surface area contributed by atoms with Gasteiger partial charge in [-0.1, -0.05) is 42.5 Å². The molecule has 2 aromatic carbocycles. The van der Waals surface area contributed by atoms with Crippen molar-refractivity contribution in [1.82, 2.24) is 9.80 Å². The van der Waals surface area contributed by atoms with Crippen molar-refractivity contribution >= 4 is 11.6 Å². The van der Waals surface area contributed by atoms with Gasteiger partial charge in [0, 0.05) is 39.3 Å². The molecule has 3 rings (SSSR count). The highest BCUT2D eigenvalue weighted by molar-refractivity contribution is 5.83. The van der Waals surface area contributed by atoms with E-state index in [1.807, 2.05) is 67.3 Å². The van der Waals surface area contributed by atoms with Gasteiger partial charge in [0.05, 0.1) is 5.69 Å². The molecule has 1 fully saturated rings. The molecule has 0 saturated carbocycles. The van der Waals surface area contributed by atoms with E-state index in [0.29, 0.717) is 5.75 Å². The van der Waals surface area contributed by atoms with Gasteiger partial charge in [0.2, 0.25) is 5.91 Å². The normalized spacial score (nSPS) is 16.1. The standard InChI is InChI=1S/C22H29N3O2/c1-3-23(4-2)22(27)21(18-10-6-5-7-11-18)25-16-14-24(15-17-25)19-12-8-9-13-20(19)26/h5-13,21,26H,3-4,14-17H2,1-2H3. The third kappa shape index (κ3) is 4.25. The highest BCUT2D eigenvalue weighted by Gasteiger charge is 2.32. The van der Waals surface area contributed by atoms with Crippen molar-refractivity contribution in [3.63, 3.8) is 0 Å². The van der Waals surface area contributed by atoms with Crippen LogP contribution in [0.2, 0.25) is 0 Å². The third-order valence-electron chi connectivity index (χ3n) is 5.33. The third-order valence-corrected chi connectivity index (χ3v) is 5.33. The summed E-state index contributed by atoms with van der Waals surface area (Å²) in [6, 6.07) is 17.3. The number of carbonyl (C=O) groups is 1. The van der Waals surface area contributed by atoms with Crippen LogP contribution in [0.5, 0.6) is 5.75 Å². The van der Waals surface area contributed by atoms with Crippen molar-refractivity contribution in [2.24, 2.45) is 0 Å². The molecular weight excluding hydrogens is 338 g/mol. The van der Waals surface area contributed by atoms with Crippen molar-refractivity contribution in [2.45, 2.75) is 19.9 Å². The predicted octanol–water partition coefficient (Wildman–Crippen LogP) is 3.12. The molecule has 1 atom stereocenters. The predicted molar refractivity (Wildman–Crippen MR) is 109 cm³/mol. The Morgan fingerprint density at radius 3 is 2.15 bits per heavy atom. The van der Waals surface area contributed by atoms with Crippen LogP contribution >= 0.6 is 0 Å². The monoisotopic (exact) mass is 367 g/mol. The van der Waals surface area contributed by atoms with Crippen LogP contribution in [0.3, 0.4) is 0 Å². The van der Waals surface area contributed by atoms with E-state index in [1.165, 1.54) is 0 Å². The summed E-state index contributed by atoms with van der Waals surface area (Å²) >= 11 is 0. The maximum Gasteiger partial charge on any atom is 0.244 e. The summed E-state index contributed by atoms with van der Waals surface area (Å²) in [4.78, 5) is 19.6. The van der Waals surface area contributed by atoms with E-state index < -0.39 is 0 Å². The number of amides is 1. The molecule has 5 heteroatoms. The van der Waals surface area contributed by atoms with Gasteiger partial charge in [-0.05, 0) is 31.5 Å². The number of likely N-dealkylation sites (N-methyl/N-ethyl adjacent to an activating group) is 1. The maximum atomic E-state index is 13.2. The van der Waals surface area contributed by atoms with Gasteiger partial charge in [0.1, 0.15) is 11.8 Å². The molecule has 144 valence electrons. The maximum absolute atomic E-state index is 13.2. The highest BCUT2D eigenvalue weighted by Crippen LogP contribution is 2.30. The van der Waals surface area contributed by atoms with Gasteiger partial charge < -0.3 is 14.9 Å². The van der Waals surface area contributed by atoms with E-state index in [9.17, 15) is 9.90 Å². The lowest BCUT2D eigenvalue weighted by atomic mass is 10.0. The van der Waals surface area contributed by atoms with Crippen molar-refractivity contribution in [1.29, 1.82) is 0 Å². The van der Waals surface area contributed by atoms with Crippen LogP contribution in [-0.2, 0) is 4.79 Å². The number of nitrogens with zero attached hydrogens (tertiary/aromatic N) is 3. The molecule has 27 heavy (non-hydrogen) atoms. The molecule has 1 amide bonds. The van der Waals surface area contributed by atoms with Crippen LogP contribution in [0.1, 0.15) is 25.5 Å². The molecule has 2 aromatic rings. The van der Waals surface area contributed by atoms with Gasteiger partial charge in [-0.15, -0.1) is 0 Å². The Morgan fingerprint density at radius 2 is 1.56 bits per heavy atom. The summed E-state index contributed by atoms with van der Waals surface area (Å²) < 4.78 is 0. The number of benzene rings is 2. The molecule has 0 spiro atoms. The highest BCUT2D eigenvalue weighted by atomic mass is 16.3. The quantitative estimate of drug-likeness (QED) is 0.852. The topological polar surface area (TPSA) is 47.0 Å². The van der Waals surface area contributed by atoms with E-state index in [-0.39, 0.29) is 11.9 Å². The lowest BCUT2D eigenvalue weighted by Crippen LogP contribution is -2.51. The molecule has 1 aliphatic rings. The fraction of sp³-hybridized carbons (Fsp3) is 0.409. The van der Waals surface area contributed by atoms with Crippen LogP contribution in [0, 0.1) is 0 Å². The number of anilines is 1. The average molecular weight is 367 g/mol. The molecule has 1 saturated heterocycles. The Balaban J connectivity index is 1.78. The average Bonchev–Trinajstić information content (AvgIpc) is 2.71. The Morgan fingerprint density at radius 1 is 0.963 bits per heavy atom. The lowest BCUT2D eigenvalue weighted by molar-refractivity contribution is -0.137. The van der Waals surface area contributed by atoms with Crippen molar-refractivity contribution in [3.8, 4) is 5.75 Å². The van der Waals surface area contributed by atoms with Crippen LogP contribution in [0.25, 0.3) is 0 Å². The first kappa shape index (κ1) is 19.2. The number of aromatic hydroxyl groups is 1. The molecule has 0 radical (unpaired) electrons. The number of hydrogen-bond acceptors (Lipinski definition) is 4. The Bertz CT molecular complexity index is 738. The van der Waals surface area contributed by atoms with Crippen LogP contribution < -0.4 is 4.90 Å². The fourth-order valence-corrected chi connectivity index (χ4v) is 3.81. The van der Waals surface area contributed by atoms with E-state index in [2.05, 4.69) is 9.80 Å². The molecule has 0 aliphatic carbocycles. The summed E-state index contributed by atoms with van der Waals surface area (Å²) in [5.74, 6) is 0.479. The van der Waals surface area contributed by atoms with Crippen molar-refractivity contribution in [3.05, 3.63) is 60.2 Å². The lowest BCUT2D eigenvalue weighted by Gasteiger charge is -2.41. The second-order valence-electron chi connectivity index (χ2n) is 6.84. The van der Waals surface area contributed by atoms with Gasteiger partial charge in [0.15, 0.2) is 0 Å². The molecule has 0 bridgehead atoms. The van der Waals surface area contributed by atoms with Crippen LogP contribution in [-0.4, -0.2) is 60.1 Å². The van der Waals surface area contributed by atoms with Gasteiger partial charge in [-0.2, -0.15) is 0 Å². The molecule has 1 N–H and O–H groups in total. The number of carbonyl (C=O) groups excluding carboxylic acids is 1. The first-order chi connectivity index (χ1) is 13.2. The van der Waals surface area contributed by atoms with Gasteiger partial charge in [-0.3, -0.25) is 9.69 Å². The van der Waals surface area contributed by atoms with Crippen LogP contribution in [0.4, 0.5) is 5.69 Å². The van der Waals surface area contributed by atoms with E-state index >= 15 is 0 Å². The summed E-state index contributed by atoms with van der Waals surface area (Å²) in [5.41, 5.74) is 1.91. The van der Waals surface area contributed by atoms with E-state index in [4.69, 9.17) is 0 Å². The fourth-order valence-electron chi connectivity index (χ4n) is 3.81. The van der Waals surface area contributed by atoms with Crippen LogP contribution in [0.15, 0.2) is 54.6 Å². The van der Waals surface area contributed by atoms with Gasteiger partial charge in [-0.25, -0.2) is 0 Å². The zero-order valence-electron chi connectivity index (χ0n) is 16.2. The summed E-state index contributed by atoms with van der Waals surface area (Å²) in [6.45, 7) is 8.62. The van der Waals surface area contributed by atoms with Crippen molar-refractivity contribution in [2.75, 3.05) is 44.2 Å². The number of phenolic OH excluding ortho intramolecular Hbond substituents is 1. The Labute approximate surface area is 161 Å². The SMILES string of the molecule is CCN(CC)C(=O)C(c1ccccc1)N1CCN(c2ccccc2O)CC1. The Kier molecular flexibility index (Phi) is 6.35. The molecule has 1 unspecified atom stereocenters. The molecule has 1 heterocycles. The summed E-state index contributed by atoms with van der Waals surface area (Å²) in [5, 5.41) is 10.1. The number of para-hydroxylation sites is 2. The number of piperazine rings is 1. The minimum absolute atomic E-state index is 0.169. The first-order valence-electron chi connectivity index (χ1n) is 9.76. The van der Waals surface area contributed by atoms with E-state index in [0.717, 1.165) is 50.5 Å². The number of phenols is 1. The first-order valence-corrected chi connectivity index (χ1v) is 9.76. The second kappa shape index (κ2) is 8.91. The molecule has 1 aliphatic heterocycles. The molecular formula is C22H29N3O2. The Hall–Kier alpha value is -2.53. The summed E-state index contributed by atoms with van der Waals surface area (Å²) in [7, 11) is 0. The van der Waals surface area contributed by atoms with E-state index in [1.54, 1.807) is 6.07 Å². The van der Waals surface area contributed by atoms with Crippen molar-refractivity contribution < 1.29 is 9.90 Å². The number of rotatable bonds is 6. The molecule has 0 aromatic heterocycles. The summed E-state index contributed by atoms with van der Waals surface area (Å²) in [6.07, 6.45) is 0. The van der Waals surface area contributed by atoms with Gasteiger partial charge in [0.25, 0.3) is 0 Å². The zero-order chi connectivity index (χ0) is 19.2. The largest absolute Gasteiger partial charge is 0.506 e. The smallest absolute Gasteiger partial charge is 0.244 e. The minimum atomic E-state index is -0.252. The second-order valence-corrected chi connectivity index (χ2v) is 6.84. The number of hydrogen-bond donors (Lipinski definition) is 1. The minimum Gasteiger partial charge on any atom is -0.506 e. The molecule has 5 nitrogen and oxygen atoms in total. The zero-order valence-corrected chi connectivity index (χ0v) is 16.2. The van der Waals surface area contributed by atoms with Gasteiger partial charge >= 0.3 is 0 Å².